The van der Waals surface area contributed by atoms with Crippen molar-refractivity contribution in [1.82, 2.24) is 10.2 Å². The Labute approximate surface area is 201 Å². The lowest BCUT2D eigenvalue weighted by Crippen LogP contribution is -2.54. The zero-order valence-corrected chi connectivity index (χ0v) is 21.1. The van der Waals surface area contributed by atoms with Crippen molar-refractivity contribution in [1.29, 1.82) is 0 Å². The van der Waals surface area contributed by atoms with E-state index in [1.807, 2.05) is 59.7 Å². The number of halogens is 2. The smallest absolute Gasteiger partial charge is 0.261 e. The van der Waals surface area contributed by atoms with Gasteiger partial charge in [0, 0.05) is 12.1 Å². The molecule has 0 saturated heterocycles. The first-order valence-electron chi connectivity index (χ1n) is 10.7. The van der Waals surface area contributed by atoms with E-state index in [0.29, 0.717) is 22.2 Å². The summed E-state index contributed by atoms with van der Waals surface area (Å²) in [5, 5.41) is 3.81. The molecule has 0 aliphatic rings. The number of aryl methyl sites for hydroxylation is 1. The van der Waals surface area contributed by atoms with Crippen molar-refractivity contribution >= 4 is 35.0 Å². The van der Waals surface area contributed by atoms with Crippen LogP contribution < -0.4 is 10.1 Å². The lowest BCUT2D eigenvalue weighted by atomic mass is 10.1. The van der Waals surface area contributed by atoms with Gasteiger partial charge in [0.2, 0.25) is 5.91 Å². The van der Waals surface area contributed by atoms with E-state index >= 15 is 0 Å². The Morgan fingerprint density at radius 3 is 2.38 bits per heavy atom. The lowest BCUT2D eigenvalue weighted by Gasteiger charge is -2.33. The molecule has 2 aromatic rings. The first kappa shape index (κ1) is 26.0. The minimum Gasteiger partial charge on any atom is -0.483 e. The summed E-state index contributed by atoms with van der Waals surface area (Å²) in [7, 11) is 0. The van der Waals surface area contributed by atoms with E-state index in [2.05, 4.69) is 5.32 Å². The highest BCUT2D eigenvalue weighted by Crippen LogP contribution is 2.25. The summed E-state index contributed by atoms with van der Waals surface area (Å²) in [5.41, 5.74) is 2.42. The van der Waals surface area contributed by atoms with E-state index in [1.165, 1.54) is 0 Å². The number of carbonyl (C=O) groups is 2. The number of nitrogens with zero attached hydrogens (tertiary/aromatic N) is 1. The van der Waals surface area contributed by atoms with Gasteiger partial charge in [-0.1, -0.05) is 48.3 Å². The van der Waals surface area contributed by atoms with Crippen molar-refractivity contribution in [2.75, 3.05) is 6.61 Å². The quantitative estimate of drug-likeness (QED) is 0.528. The molecule has 0 saturated carbocycles. The number of rotatable bonds is 8. The molecule has 1 N–H and O–H groups in total. The van der Waals surface area contributed by atoms with E-state index in [9.17, 15) is 9.59 Å². The Balaban J connectivity index is 2.30. The third-order valence-electron chi connectivity index (χ3n) is 5.13. The second-order valence-corrected chi connectivity index (χ2v) is 9.73. The minimum absolute atomic E-state index is 0.176. The predicted molar refractivity (Wildman–Crippen MR) is 130 cm³/mol. The summed E-state index contributed by atoms with van der Waals surface area (Å²) in [4.78, 5) is 27.9. The van der Waals surface area contributed by atoms with Crippen LogP contribution in [0.5, 0.6) is 5.75 Å². The van der Waals surface area contributed by atoms with E-state index < -0.39 is 11.6 Å². The Bertz CT molecular complexity index is 970. The number of hydrogen-bond donors (Lipinski definition) is 1. The standard InChI is InChI=1S/C25H32Cl2N2O3/c1-7-21(24(31)28-25(4,5)6)29(14-18-11-12-19(26)20(27)13-18)23(30)15-32-22-10-8-9-16(2)17(22)3/h8-13,21H,7,14-15H2,1-6H3,(H,28,31)/t21-/m1/s1. The fraction of sp³-hybridized carbons (Fsp3) is 0.440. The van der Waals surface area contributed by atoms with E-state index in [0.717, 1.165) is 16.7 Å². The summed E-state index contributed by atoms with van der Waals surface area (Å²) in [6.45, 7) is 11.6. The summed E-state index contributed by atoms with van der Waals surface area (Å²) in [6, 6.07) is 10.3. The molecule has 7 heteroatoms. The SMILES string of the molecule is CC[C@H](C(=O)NC(C)(C)C)N(Cc1ccc(Cl)c(Cl)c1)C(=O)COc1cccc(C)c1C. The topological polar surface area (TPSA) is 58.6 Å². The molecule has 0 aromatic heterocycles. The van der Waals surface area contributed by atoms with E-state index in [1.54, 1.807) is 23.1 Å². The first-order chi connectivity index (χ1) is 14.9. The molecule has 1 atom stereocenters. The van der Waals surface area contributed by atoms with Gasteiger partial charge >= 0.3 is 0 Å². The Morgan fingerprint density at radius 2 is 1.78 bits per heavy atom. The molecular formula is C25H32Cl2N2O3. The zero-order chi connectivity index (χ0) is 24.1. The van der Waals surface area contributed by atoms with Gasteiger partial charge in [-0.3, -0.25) is 9.59 Å². The van der Waals surface area contributed by atoms with Crippen LogP contribution in [0.2, 0.25) is 10.0 Å². The van der Waals surface area contributed by atoms with Crippen LogP contribution in [-0.2, 0) is 16.1 Å². The molecule has 0 spiro atoms. The monoisotopic (exact) mass is 478 g/mol. The van der Waals surface area contributed by atoms with Crippen molar-refractivity contribution in [3.05, 3.63) is 63.1 Å². The molecule has 5 nitrogen and oxygen atoms in total. The van der Waals surface area contributed by atoms with Crippen molar-refractivity contribution in [2.24, 2.45) is 0 Å². The number of ether oxygens (including phenoxy) is 1. The third kappa shape index (κ3) is 7.14. The van der Waals surface area contributed by atoms with Gasteiger partial charge < -0.3 is 15.0 Å². The van der Waals surface area contributed by atoms with Crippen LogP contribution in [0.3, 0.4) is 0 Å². The van der Waals surface area contributed by atoms with Crippen LogP contribution in [0.1, 0.15) is 50.8 Å². The highest BCUT2D eigenvalue weighted by Gasteiger charge is 2.31. The number of nitrogens with one attached hydrogen (secondary N) is 1. The number of amides is 2. The zero-order valence-electron chi connectivity index (χ0n) is 19.6. The van der Waals surface area contributed by atoms with Gasteiger partial charge in [0.05, 0.1) is 10.0 Å². The number of hydrogen-bond acceptors (Lipinski definition) is 3. The van der Waals surface area contributed by atoms with Crippen LogP contribution >= 0.6 is 23.2 Å². The van der Waals surface area contributed by atoms with Crippen LogP contribution in [-0.4, -0.2) is 34.9 Å². The molecule has 2 amide bonds. The maximum Gasteiger partial charge on any atom is 0.261 e. The van der Waals surface area contributed by atoms with Gasteiger partial charge in [-0.15, -0.1) is 0 Å². The molecule has 0 unspecified atom stereocenters. The fourth-order valence-corrected chi connectivity index (χ4v) is 3.63. The highest BCUT2D eigenvalue weighted by molar-refractivity contribution is 6.42. The van der Waals surface area contributed by atoms with E-state index in [4.69, 9.17) is 27.9 Å². The third-order valence-corrected chi connectivity index (χ3v) is 5.87. The molecule has 0 aliphatic carbocycles. The largest absolute Gasteiger partial charge is 0.483 e. The van der Waals surface area contributed by atoms with Crippen LogP contribution in [0.4, 0.5) is 0 Å². The summed E-state index contributed by atoms with van der Waals surface area (Å²) in [5.74, 6) is 0.160. The molecule has 0 heterocycles. The van der Waals surface area contributed by atoms with Gasteiger partial charge in [0.1, 0.15) is 11.8 Å². The molecule has 0 radical (unpaired) electrons. The fourth-order valence-electron chi connectivity index (χ4n) is 3.31. The predicted octanol–water partition coefficient (Wildman–Crippen LogP) is 5.71. The highest BCUT2D eigenvalue weighted by atomic mass is 35.5. The van der Waals surface area contributed by atoms with Crippen LogP contribution in [0.15, 0.2) is 36.4 Å². The maximum atomic E-state index is 13.3. The maximum absolute atomic E-state index is 13.3. The van der Waals surface area contributed by atoms with Crippen molar-refractivity contribution in [3.63, 3.8) is 0 Å². The van der Waals surface area contributed by atoms with Gasteiger partial charge in [0.15, 0.2) is 6.61 Å². The van der Waals surface area contributed by atoms with Gasteiger partial charge in [-0.05, 0) is 75.9 Å². The summed E-state index contributed by atoms with van der Waals surface area (Å²) >= 11 is 12.2. The molecule has 0 fully saturated rings. The summed E-state index contributed by atoms with van der Waals surface area (Å²) < 4.78 is 5.85. The number of carbonyl (C=O) groups excluding carboxylic acids is 2. The molecule has 0 aliphatic heterocycles. The van der Waals surface area contributed by atoms with Gasteiger partial charge in [0.25, 0.3) is 5.91 Å². The average Bonchev–Trinajstić information content (AvgIpc) is 2.70. The van der Waals surface area contributed by atoms with Crippen molar-refractivity contribution in [3.8, 4) is 5.75 Å². The second-order valence-electron chi connectivity index (χ2n) is 8.92. The molecule has 2 aromatic carbocycles. The lowest BCUT2D eigenvalue weighted by molar-refractivity contribution is -0.143. The Morgan fingerprint density at radius 1 is 1.09 bits per heavy atom. The van der Waals surface area contributed by atoms with Crippen molar-refractivity contribution < 1.29 is 14.3 Å². The summed E-state index contributed by atoms with van der Waals surface area (Å²) in [6.07, 6.45) is 0.457. The average molecular weight is 479 g/mol. The Kier molecular flexibility index (Phi) is 8.99. The minimum atomic E-state index is -0.654. The Hall–Kier alpha value is -2.24. The molecule has 0 bridgehead atoms. The van der Waals surface area contributed by atoms with Crippen LogP contribution in [0.25, 0.3) is 0 Å². The van der Waals surface area contributed by atoms with Crippen molar-refractivity contribution in [2.45, 2.75) is 66.1 Å². The second kappa shape index (κ2) is 11.1. The first-order valence-corrected chi connectivity index (χ1v) is 11.4. The van der Waals surface area contributed by atoms with E-state index in [-0.39, 0.29) is 25.0 Å². The molecule has 174 valence electrons. The molecule has 2 rings (SSSR count). The molecular weight excluding hydrogens is 447 g/mol. The molecule has 32 heavy (non-hydrogen) atoms. The van der Waals surface area contributed by atoms with Crippen LogP contribution in [0, 0.1) is 13.8 Å². The van der Waals surface area contributed by atoms with Gasteiger partial charge in [-0.25, -0.2) is 0 Å². The normalized spacial score (nSPS) is 12.2. The number of benzene rings is 2. The van der Waals surface area contributed by atoms with Gasteiger partial charge in [-0.2, -0.15) is 0 Å².